The molecule has 3 rings (SSSR count). The number of hydrogen-bond acceptors (Lipinski definition) is 5. The number of aromatic nitrogens is 3. The molecule has 0 aliphatic carbocycles. The number of hydrogen-bond donors (Lipinski definition) is 0. The van der Waals surface area contributed by atoms with Gasteiger partial charge in [0, 0.05) is 19.3 Å². The van der Waals surface area contributed by atoms with Gasteiger partial charge in [-0.05, 0) is 49.5 Å². The summed E-state index contributed by atoms with van der Waals surface area (Å²) in [6, 6.07) is 7.68. The Hall–Kier alpha value is -2.21. The first-order valence-corrected chi connectivity index (χ1v) is 7.98. The Morgan fingerprint density at radius 3 is 2.61 bits per heavy atom. The van der Waals surface area contributed by atoms with Gasteiger partial charge < -0.3 is 4.74 Å². The van der Waals surface area contributed by atoms with Gasteiger partial charge in [-0.1, -0.05) is 17.3 Å². The summed E-state index contributed by atoms with van der Waals surface area (Å²) in [5.74, 6) is 0.389. The van der Waals surface area contributed by atoms with Gasteiger partial charge in [-0.2, -0.15) is 0 Å². The van der Waals surface area contributed by atoms with E-state index in [-0.39, 0.29) is 5.97 Å². The van der Waals surface area contributed by atoms with Crippen molar-refractivity contribution in [2.75, 3.05) is 20.2 Å². The van der Waals surface area contributed by atoms with Crippen LogP contribution in [0.2, 0.25) is 0 Å². The van der Waals surface area contributed by atoms with Gasteiger partial charge in [0.05, 0.1) is 18.9 Å². The highest BCUT2D eigenvalue weighted by molar-refractivity contribution is 5.89. The summed E-state index contributed by atoms with van der Waals surface area (Å²) in [5, 5.41) is 7.90. The minimum absolute atomic E-state index is 0.287. The molecule has 0 saturated carbocycles. The molecule has 0 spiro atoms. The maximum absolute atomic E-state index is 11.4. The molecule has 6 nitrogen and oxygen atoms in total. The highest BCUT2D eigenvalue weighted by Crippen LogP contribution is 2.20. The Morgan fingerprint density at radius 2 is 2.00 bits per heavy atom. The van der Waals surface area contributed by atoms with Crippen molar-refractivity contribution >= 4 is 5.97 Å². The zero-order valence-electron chi connectivity index (χ0n) is 13.4. The number of ether oxygens (including phenoxy) is 1. The lowest BCUT2D eigenvalue weighted by molar-refractivity contribution is 0.0600. The van der Waals surface area contributed by atoms with Crippen LogP contribution in [0.5, 0.6) is 0 Å². The molecule has 1 saturated heterocycles. The predicted molar refractivity (Wildman–Crippen MR) is 85.8 cm³/mol. The number of benzene rings is 1. The molecule has 1 aromatic carbocycles. The summed E-state index contributed by atoms with van der Waals surface area (Å²) < 4.78 is 6.64. The Bertz CT molecular complexity index is 617. The topological polar surface area (TPSA) is 60.2 Å². The summed E-state index contributed by atoms with van der Waals surface area (Å²) in [6.07, 6.45) is 6.02. The number of esters is 1. The maximum Gasteiger partial charge on any atom is 0.337 e. The van der Waals surface area contributed by atoms with Gasteiger partial charge in [0.2, 0.25) is 0 Å². The normalized spacial score (nSPS) is 16.4. The monoisotopic (exact) mass is 314 g/mol. The molecule has 6 heteroatoms. The molecule has 2 heterocycles. The molecule has 0 amide bonds. The second kappa shape index (κ2) is 7.37. The second-order valence-electron chi connectivity index (χ2n) is 6.03. The van der Waals surface area contributed by atoms with Crippen molar-refractivity contribution in [1.29, 1.82) is 0 Å². The molecule has 1 fully saturated rings. The quantitative estimate of drug-likeness (QED) is 0.790. The van der Waals surface area contributed by atoms with E-state index < -0.39 is 0 Å². The fourth-order valence-electron chi connectivity index (χ4n) is 3.04. The number of methoxy groups -OCH3 is 1. The van der Waals surface area contributed by atoms with Gasteiger partial charge >= 0.3 is 5.97 Å². The van der Waals surface area contributed by atoms with Gasteiger partial charge in [0.1, 0.15) is 0 Å². The molecular weight excluding hydrogens is 292 g/mol. The molecule has 2 aromatic rings. The number of carbonyl (C=O) groups excluding carboxylic acids is 1. The lowest BCUT2D eigenvalue weighted by atomic mass is 9.96. The standard InChI is InChI=1S/C17H22N4O2/c1-23-17(22)16-4-2-14(3-5-16)12-20-9-6-15(7-10-20)13-21-11-8-18-19-21/h2-5,8,11,15H,6-7,9-10,12-13H2,1H3. The van der Waals surface area contributed by atoms with Crippen LogP contribution in [-0.2, 0) is 17.8 Å². The van der Waals surface area contributed by atoms with E-state index in [1.54, 1.807) is 6.20 Å². The van der Waals surface area contributed by atoms with Crippen LogP contribution in [0.3, 0.4) is 0 Å². The van der Waals surface area contributed by atoms with E-state index in [1.807, 2.05) is 35.1 Å². The maximum atomic E-state index is 11.4. The third kappa shape index (κ3) is 4.16. The first-order chi connectivity index (χ1) is 11.2. The summed E-state index contributed by atoms with van der Waals surface area (Å²) in [7, 11) is 1.40. The van der Waals surface area contributed by atoms with E-state index >= 15 is 0 Å². The van der Waals surface area contributed by atoms with Crippen LogP contribution < -0.4 is 0 Å². The highest BCUT2D eigenvalue weighted by Gasteiger charge is 2.20. The number of carbonyl (C=O) groups is 1. The molecule has 0 bridgehead atoms. The lowest BCUT2D eigenvalue weighted by Gasteiger charge is -2.31. The Balaban J connectivity index is 1.47. The van der Waals surface area contributed by atoms with Crippen LogP contribution in [0, 0.1) is 5.92 Å². The Morgan fingerprint density at radius 1 is 1.26 bits per heavy atom. The minimum atomic E-state index is -0.287. The van der Waals surface area contributed by atoms with Crippen LogP contribution >= 0.6 is 0 Å². The highest BCUT2D eigenvalue weighted by atomic mass is 16.5. The largest absolute Gasteiger partial charge is 0.465 e. The number of likely N-dealkylation sites (tertiary alicyclic amines) is 1. The van der Waals surface area contributed by atoms with E-state index in [2.05, 4.69) is 15.2 Å². The summed E-state index contributed by atoms with van der Waals surface area (Å²) in [6.45, 7) is 4.08. The average molecular weight is 314 g/mol. The molecule has 0 unspecified atom stereocenters. The molecule has 0 atom stereocenters. The molecule has 122 valence electrons. The second-order valence-corrected chi connectivity index (χ2v) is 6.03. The van der Waals surface area contributed by atoms with Crippen molar-refractivity contribution < 1.29 is 9.53 Å². The fourth-order valence-corrected chi connectivity index (χ4v) is 3.04. The molecule has 1 aliphatic rings. The van der Waals surface area contributed by atoms with Crippen molar-refractivity contribution in [3.63, 3.8) is 0 Å². The van der Waals surface area contributed by atoms with E-state index in [0.717, 1.165) is 26.2 Å². The van der Waals surface area contributed by atoms with Crippen LogP contribution in [0.25, 0.3) is 0 Å². The van der Waals surface area contributed by atoms with E-state index in [0.29, 0.717) is 11.5 Å². The van der Waals surface area contributed by atoms with Gasteiger partial charge in [-0.3, -0.25) is 9.58 Å². The van der Waals surface area contributed by atoms with Gasteiger partial charge in [-0.25, -0.2) is 4.79 Å². The lowest BCUT2D eigenvalue weighted by Crippen LogP contribution is -2.34. The first-order valence-electron chi connectivity index (χ1n) is 7.98. The van der Waals surface area contributed by atoms with Gasteiger partial charge in [-0.15, -0.1) is 5.10 Å². The molecule has 1 aromatic heterocycles. The van der Waals surface area contributed by atoms with Crippen molar-refractivity contribution in [3.8, 4) is 0 Å². The minimum Gasteiger partial charge on any atom is -0.465 e. The zero-order valence-corrected chi connectivity index (χ0v) is 13.4. The molecule has 23 heavy (non-hydrogen) atoms. The summed E-state index contributed by atoms with van der Waals surface area (Å²) in [5.41, 5.74) is 1.83. The third-order valence-electron chi connectivity index (χ3n) is 4.41. The summed E-state index contributed by atoms with van der Waals surface area (Å²) >= 11 is 0. The third-order valence-corrected chi connectivity index (χ3v) is 4.41. The average Bonchev–Trinajstić information content (AvgIpc) is 3.10. The SMILES string of the molecule is COC(=O)c1ccc(CN2CCC(Cn3ccnn3)CC2)cc1. The smallest absolute Gasteiger partial charge is 0.337 e. The van der Waals surface area contributed by atoms with Crippen molar-refractivity contribution in [2.45, 2.75) is 25.9 Å². The van der Waals surface area contributed by atoms with Crippen molar-refractivity contribution in [3.05, 3.63) is 47.8 Å². The van der Waals surface area contributed by atoms with Gasteiger partial charge in [0.15, 0.2) is 0 Å². The van der Waals surface area contributed by atoms with E-state index in [9.17, 15) is 4.79 Å². The van der Waals surface area contributed by atoms with Gasteiger partial charge in [0.25, 0.3) is 0 Å². The van der Waals surface area contributed by atoms with Crippen LogP contribution in [-0.4, -0.2) is 46.1 Å². The number of nitrogens with zero attached hydrogens (tertiary/aromatic N) is 4. The molecule has 0 radical (unpaired) electrons. The summed E-state index contributed by atoms with van der Waals surface area (Å²) in [4.78, 5) is 13.9. The van der Waals surface area contributed by atoms with Crippen LogP contribution in [0.15, 0.2) is 36.7 Å². The van der Waals surface area contributed by atoms with Crippen molar-refractivity contribution in [2.24, 2.45) is 5.92 Å². The zero-order chi connectivity index (χ0) is 16.1. The predicted octanol–water partition coefficient (Wildman–Crippen LogP) is 1.98. The first kappa shape index (κ1) is 15.7. The number of piperidine rings is 1. The Labute approximate surface area is 136 Å². The molecular formula is C17H22N4O2. The van der Waals surface area contributed by atoms with Crippen molar-refractivity contribution in [1.82, 2.24) is 19.9 Å². The number of rotatable bonds is 5. The van der Waals surface area contributed by atoms with Crippen LogP contribution in [0.4, 0.5) is 0 Å². The van der Waals surface area contributed by atoms with E-state index in [1.165, 1.54) is 25.5 Å². The van der Waals surface area contributed by atoms with Crippen LogP contribution in [0.1, 0.15) is 28.8 Å². The molecule has 1 aliphatic heterocycles. The molecule has 0 N–H and O–H groups in total. The Kier molecular flexibility index (Phi) is 5.02. The van der Waals surface area contributed by atoms with E-state index in [4.69, 9.17) is 4.74 Å². The fraction of sp³-hybridized carbons (Fsp3) is 0.471.